The summed E-state index contributed by atoms with van der Waals surface area (Å²) in [5.74, 6) is 1.56. The van der Waals surface area contributed by atoms with Gasteiger partial charge in [0.1, 0.15) is 10.7 Å². The Hall–Kier alpha value is -0.650. The van der Waals surface area contributed by atoms with Crippen LogP contribution in [-0.4, -0.2) is 28.9 Å². The molecule has 2 N–H and O–H groups in total. The van der Waals surface area contributed by atoms with Crippen LogP contribution in [0.3, 0.4) is 0 Å². The van der Waals surface area contributed by atoms with Gasteiger partial charge in [-0.2, -0.15) is 0 Å². The Kier molecular flexibility index (Phi) is 4.81. The van der Waals surface area contributed by atoms with Crippen LogP contribution < -0.4 is 5.73 Å². The van der Waals surface area contributed by atoms with Crippen molar-refractivity contribution in [3.05, 3.63) is 16.1 Å². The summed E-state index contributed by atoms with van der Waals surface area (Å²) in [4.78, 5) is 18.6. The smallest absolute Gasteiger partial charge is 0.273 e. The first-order valence-electron chi connectivity index (χ1n) is 6.71. The van der Waals surface area contributed by atoms with E-state index in [0.717, 1.165) is 29.9 Å². The molecule has 0 spiro atoms. The van der Waals surface area contributed by atoms with Crippen molar-refractivity contribution in [3.8, 4) is 0 Å². The molecule has 0 bridgehead atoms. The molecule has 6 heteroatoms. The molecule has 1 amide bonds. The monoisotopic (exact) mass is 301 g/mol. The van der Waals surface area contributed by atoms with Crippen molar-refractivity contribution in [3.63, 3.8) is 0 Å². The lowest BCUT2D eigenvalue weighted by atomic mass is 9.82. The highest BCUT2D eigenvalue weighted by molar-refractivity contribution is 7.09. The van der Waals surface area contributed by atoms with Crippen LogP contribution in [0.2, 0.25) is 0 Å². The summed E-state index contributed by atoms with van der Waals surface area (Å²) in [6.07, 6.45) is 5.24. The first-order chi connectivity index (χ1) is 8.78. The fourth-order valence-corrected chi connectivity index (χ4v) is 3.89. The van der Waals surface area contributed by atoms with Gasteiger partial charge in [0.25, 0.3) is 5.91 Å². The molecule has 2 unspecified atom stereocenters. The predicted molar refractivity (Wildman–Crippen MR) is 78.6 cm³/mol. The number of amides is 1. The lowest BCUT2D eigenvalue weighted by Gasteiger charge is -2.22. The Labute approximate surface area is 123 Å². The molecule has 0 aromatic carbocycles. The number of thiazole rings is 1. The van der Waals surface area contributed by atoms with Crippen molar-refractivity contribution >= 4 is 29.7 Å². The number of nitrogens with zero attached hydrogens (tertiary/aromatic N) is 2. The van der Waals surface area contributed by atoms with E-state index in [9.17, 15) is 4.79 Å². The van der Waals surface area contributed by atoms with Gasteiger partial charge in [-0.05, 0) is 24.7 Å². The van der Waals surface area contributed by atoms with Crippen LogP contribution in [0.4, 0.5) is 0 Å². The van der Waals surface area contributed by atoms with Gasteiger partial charge in [0, 0.05) is 25.0 Å². The highest BCUT2D eigenvalue weighted by Crippen LogP contribution is 2.36. The number of carbonyl (C=O) groups excluding carboxylic acids is 1. The van der Waals surface area contributed by atoms with Crippen LogP contribution in [0.1, 0.15) is 41.2 Å². The maximum absolute atomic E-state index is 12.3. The molecule has 106 valence electrons. The summed E-state index contributed by atoms with van der Waals surface area (Å²) in [6, 6.07) is 0. The average molecular weight is 302 g/mol. The van der Waals surface area contributed by atoms with E-state index in [2.05, 4.69) is 4.98 Å². The van der Waals surface area contributed by atoms with Crippen molar-refractivity contribution in [1.29, 1.82) is 0 Å². The minimum Gasteiger partial charge on any atom is -0.337 e. The van der Waals surface area contributed by atoms with Gasteiger partial charge in [-0.1, -0.05) is 12.8 Å². The first kappa shape index (κ1) is 14.8. The molecule has 2 heterocycles. The van der Waals surface area contributed by atoms with Crippen LogP contribution in [0.5, 0.6) is 0 Å². The second-order valence-electron chi connectivity index (χ2n) is 5.35. The number of nitrogens with two attached hydrogens (primary N) is 1. The second-order valence-corrected chi connectivity index (χ2v) is 6.29. The predicted octanol–water partition coefficient (Wildman–Crippen LogP) is 2.29. The maximum Gasteiger partial charge on any atom is 0.273 e. The molecule has 1 saturated carbocycles. The van der Waals surface area contributed by atoms with Gasteiger partial charge < -0.3 is 10.6 Å². The molecule has 0 radical (unpaired) electrons. The minimum absolute atomic E-state index is 0. The summed E-state index contributed by atoms with van der Waals surface area (Å²) in [5.41, 5.74) is 6.12. The largest absolute Gasteiger partial charge is 0.337 e. The Morgan fingerprint density at radius 3 is 2.53 bits per heavy atom. The molecule has 1 aromatic heterocycles. The first-order valence-corrected chi connectivity index (χ1v) is 7.59. The average Bonchev–Trinajstić information content (AvgIpc) is 3.04. The van der Waals surface area contributed by atoms with Gasteiger partial charge in [0.05, 0.1) is 0 Å². The Morgan fingerprint density at radius 2 is 2.00 bits per heavy atom. The quantitative estimate of drug-likeness (QED) is 0.912. The molecular weight excluding hydrogens is 282 g/mol. The molecule has 1 aliphatic heterocycles. The van der Waals surface area contributed by atoms with Crippen LogP contribution in [0.25, 0.3) is 0 Å². The van der Waals surface area contributed by atoms with Crippen LogP contribution in [0, 0.1) is 11.8 Å². The normalized spacial score (nSPS) is 25.8. The zero-order valence-electron chi connectivity index (χ0n) is 10.9. The van der Waals surface area contributed by atoms with Gasteiger partial charge in [-0.25, -0.2) is 4.98 Å². The number of fused-ring (bicyclic) bond motifs is 1. The maximum atomic E-state index is 12.3. The summed E-state index contributed by atoms with van der Waals surface area (Å²) in [6.45, 7) is 2.28. The fraction of sp³-hybridized carbons (Fsp3) is 0.692. The van der Waals surface area contributed by atoms with Crippen molar-refractivity contribution in [2.24, 2.45) is 17.6 Å². The van der Waals surface area contributed by atoms with E-state index >= 15 is 0 Å². The standard InChI is InChI=1S/C13H19N3OS.ClH/c14-5-12-15-11(8-18-12)13(17)16-6-9-3-1-2-4-10(9)7-16;/h8-10H,1-7,14H2;1H. The highest BCUT2D eigenvalue weighted by atomic mass is 35.5. The minimum atomic E-state index is 0. The van der Waals surface area contributed by atoms with E-state index in [1.54, 1.807) is 0 Å². The van der Waals surface area contributed by atoms with E-state index in [4.69, 9.17) is 5.73 Å². The van der Waals surface area contributed by atoms with E-state index in [0.29, 0.717) is 12.2 Å². The zero-order chi connectivity index (χ0) is 12.5. The van der Waals surface area contributed by atoms with Gasteiger partial charge in [0.2, 0.25) is 0 Å². The topological polar surface area (TPSA) is 59.2 Å². The Bertz CT molecular complexity index is 437. The van der Waals surface area contributed by atoms with Crippen LogP contribution in [-0.2, 0) is 6.54 Å². The second kappa shape index (κ2) is 6.20. The number of halogens is 1. The molecule has 2 aliphatic rings. The summed E-state index contributed by atoms with van der Waals surface area (Å²) < 4.78 is 0. The Morgan fingerprint density at radius 1 is 1.37 bits per heavy atom. The molecule has 1 aliphatic carbocycles. The van der Waals surface area contributed by atoms with Crippen molar-refractivity contribution in [2.45, 2.75) is 32.2 Å². The number of hydrogen-bond acceptors (Lipinski definition) is 4. The van der Waals surface area contributed by atoms with Gasteiger partial charge >= 0.3 is 0 Å². The van der Waals surface area contributed by atoms with Crippen molar-refractivity contribution in [2.75, 3.05) is 13.1 Å². The number of carbonyl (C=O) groups is 1. The molecule has 1 aromatic rings. The number of aromatic nitrogens is 1. The van der Waals surface area contributed by atoms with Gasteiger partial charge in [-0.15, -0.1) is 23.7 Å². The Balaban J connectivity index is 0.00000133. The molecular formula is C13H20ClN3OS. The van der Waals surface area contributed by atoms with Crippen LogP contribution >= 0.6 is 23.7 Å². The molecule has 1 saturated heterocycles. The fourth-order valence-electron chi connectivity index (χ4n) is 3.24. The lowest BCUT2D eigenvalue weighted by molar-refractivity contribution is 0.0779. The third kappa shape index (κ3) is 2.93. The van der Waals surface area contributed by atoms with Gasteiger partial charge in [0.15, 0.2) is 0 Å². The summed E-state index contributed by atoms with van der Waals surface area (Å²) >= 11 is 1.48. The summed E-state index contributed by atoms with van der Waals surface area (Å²) in [7, 11) is 0. The third-order valence-corrected chi connectivity index (χ3v) is 5.08. The van der Waals surface area contributed by atoms with Crippen molar-refractivity contribution in [1.82, 2.24) is 9.88 Å². The lowest BCUT2D eigenvalue weighted by Crippen LogP contribution is -2.29. The van der Waals surface area contributed by atoms with E-state index in [-0.39, 0.29) is 18.3 Å². The molecule has 3 rings (SSSR count). The van der Waals surface area contributed by atoms with E-state index in [1.165, 1.54) is 37.0 Å². The molecule has 2 atom stereocenters. The number of hydrogen-bond donors (Lipinski definition) is 1. The van der Waals surface area contributed by atoms with Crippen molar-refractivity contribution < 1.29 is 4.79 Å². The number of likely N-dealkylation sites (tertiary alicyclic amines) is 1. The molecule has 19 heavy (non-hydrogen) atoms. The third-order valence-electron chi connectivity index (χ3n) is 4.21. The highest BCUT2D eigenvalue weighted by Gasteiger charge is 2.37. The van der Waals surface area contributed by atoms with Crippen LogP contribution in [0.15, 0.2) is 5.38 Å². The number of rotatable bonds is 2. The zero-order valence-corrected chi connectivity index (χ0v) is 12.5. The van der Waals surface area contributed by atoms with E-state index < -0.39 is 0 Å². The molecule has 2 fully saturated rings. The molecule has 4 nitrogen and oxygen atoms in total. The van der Waals surface area contributed by atoms with E-state index in [1.807, 2.05) is 10.3 Å². The SMILES string of the molecule is Cl.NCc1nc(C(=O)N2CC3CCCCC3C2)cs1. The van der Waals surface area contributed by atoms with Gasteiger partial charge in [-0.3, -0.25) is 4.79 Å². The summed E-state index contributed by atoms with van der Waals surface area (Å²) in [5, 5.41) is 2.68.